The van der Waals surface area contributed by atoms with Crippen LogP contribution in [-0.2, 0) is 16.0 Å². The molecule has 0 spiro atoms. The molecule has 0 aliphatic heterocycles. The van der Waals surface area contributed by atoms with E-state index in [1.54, 1.807) is 25.5 Å². The molecular formula is C14H14N2O2. The summed E-state index contributed by atoms with van der Waals surface area (Å²) >= 11 is 0. The standard InChI is InChI=1S/C14H14N2O2/c1-2-18-14(17)10-13-9-12(5-8-16-13)11-3-6-15-7-4-11/h3-9H,2,10H2,1H3. The Morgan fingerprint density at radius 3 is 2.61 bits per heavy atom. The van der Waals surface area contributed by atoms with E-state index < -0.39 is 0 Å². The van der Waals surface area contributed by atoms with Crippen LogP contribution in [0.2, 0.25) is 0 Å². The van der Waals surface area contributed by atoms with Crippen molar-refractivity contribution >= 4 is 5.97 Å². The summed E-state index contributed by atoms with van der Waals surface area (Å²) in [5, 5.41) is 0. The van der Waals surface area contributed by atoms with E-state index in [9.17, 15) is 4.79 Å². The third kappa shape index (κ3) is 3.13. The van der Waals surface area contributed by atoms with E-state index >= 15 is 0 Å². The van der Waals surface area contributed by atoms with Crippen LogP contribution in [0.1, 0.15) is 12.6 Å². The Hall–Kier alpha value is -2.23. The number of rotatable bonds is 4. The Morgan fingerprint density at radius 1 is 1.17 bits per heavy atom. The Morgan fingerprint density at radius 2 is 1.89 bits per heavy atom. The number of pyridine rings is 2. The fourth-order valence-electron chi connectivity index (χ4n) is 1.66. The van der Waals surface area contributed by atoms with Crippen molar-refractivity contribution in [2.45, 2.75) is 13.3 Å². The molecule has 2 heterocycles. The van der Waals surface area contributed by atoms with Crippen LogP contribution < -0.4 is 0 Å². The minimum absolute atomic E-state index is 0.201. The lowest BCUT2D eigenvalue weighted by Crippen LogP contribution is -2.08. The lowest BCUT2D eigenvalue weighted by Gasteiger charge is -2.04. The lowest BCUT2D eigenvalue weighted by molar-refractivity contribution is -0.142. The number of aromatic nitrogens is 2. The Labute approximate surface area is 106 Å². The summed E-state index contributed by atoms with van der Waals surface area (Å²) in [7, 11) is 0. The normalized spacial score (nSPS) is 10.1. The highest BCUT2D eigenvalue weighted by atomic mass is 16.5. The first-order chi connectivity index (χ1) is 8.79. The van der Waals surface area contributed by atoms with E-state index in [1.807, 2.05) is 24.3 Å². The van der Waals surface area contributed by atoms with Gasteiger partial charge in [-0.2, -0.15) is 0 Å². The third-order valence-corrected chi connectivity index (χ3v) is 2.46. The molecule has 0 bridgehead atoms. The molecular weight excluding hydrogens is 228 g/mol. The second-order valence-electron chi connectivity index (χ2n) is 3.75. The first-order valence-electron chi connectivity index (χ1n) is 5.80. The smallest absolute Gasteiger partial charge is 0.311 e. The summed E-state index contributed by atoms with van der Waals surface area (Å²) in [6, 6.07) is 7.64. The first kappa shape index (κ1) is 12.2. The molecule has 2 aromatic heterocycles. The molecule has 4 nitrogen and oxygen atoms in total. The number of esters is 1. The molecule has 0 aliphatic carbocycles. The zero-order valence-electron chi connectivity index (χ0n) is 10.2. The quantitative estimate of drug-likeness (QED) is 0.772. The van der Waals surface area contributed by atoms with Gasteiger partial charge in [0.25, 0.3) is 0 Å². The van der Waals surface area contributed by atoms with Crippen molar-refractivity contribution in [3.8, 4) is 11.1 Å². The molecule has 0 unspecified atom stereocenters. The van der Waals surface area contributed by atoms with Gasteiger partial charge in [-0.3, -0.25) is 14.8 Å². The maximum absolute atomic E-state index is 11.4. The van der Waals surface area contributed by atoms with Crippen molar-refractivity contribution in [3.63, 3.8) is 0 Å². The molecule has 0 N–H and O–H groups in total. The van der Waals surface area contributed by atoms with Gasteiger partial charge in [-0.25, -0.2) is 0 Å². The van der Waals surface area contributed by atoms with Crippen LogP contribution in [0.15, 0.2) is 42.9 Å². The zero-order chi connectivity index (χ0) is 12.8. The highest BCUT2D eigenvalue weighted by Gasteiger charge is 2.06. The lowest BCUT2D eigenvalue weighted by atomic mass is 10.1. The SMILES string of the molecule is CCOC(=O)Cc1cc(-c2ccncc2)ccn1. The van der Waals surface area contributed by atoms with Crippen LogP contribution in [0.25, 0.3) is 11.1 Å². The van der Waals surface area contributed by atoms with Gasteiger partial charge in [0.1, 0.15) is 0 Å². The average molecular weight is 242 g/mol. The third-order valence-electron chi connectivity index (χ3n) is 2.46. The predicted octanol–water partition coefficient (Wildman–Crippen LogP) is 2.25. The fourth-order valence-corrected chi connectivity index (χ4v) is 1.66. The summed E-state index contributed by atoms with van der Waals surface area (Å²) in [6.45, 7) is 2.18. The fraction of sp³-hybridized carbons (Fsp3) is 0.214. The van der Waals surface area contributed by atoms with Gasteiger partial charge in [0.05, 0.1) is 18.7 Å². The first-order valence-corrected chi connectivity index (χ1v) is 5.80. The molecule has 0 saturated heterocycles. The largest absolute Gasteiger partial charge is 0.466 e. The molecule has 0 amide bonds. The number of carbonyl (C=O) groups excluding carboxylic acids is 1. The van der Waals surface area contributed by atoms with Crippen molar-refractivity contribution in [3.05, 3.63) is 48.5 Å². The second-order valence-corrected chi connectivity index (χ2v) is 3.75. The van der Waals surface area contributed by atoms with Crippen LogP contribution in [0.3, 0.4) is 0 Å². The minimum Gasteiger partial charge on any atom is -0.466 e. The number of ether oxygens (including phenoxy) is 1. The van der Waals surface area contributed by atoms with Crippen LogP contribution >= 0.6 is 0 Å². The molecule has 18 heavy (non-hydrogen) atoms. The molecule has 0 atom stereocenters. The maximum Gasteiger partial charge on any atom is 0.311 e. The number of hydrogen-bond donors (Lipinski definition) is 0. The summed E-state index contributed by atoms with van der Waals surface area (Å²) in [6.07, 6.45) is 5.37. The molecule has 92 valence electrons. The topological polar surface area (TPSA) is 52.1 Å². The van der Waals surface area contributed by atoms with Crippen molar-refractivity contribution < 1.29 is 9.53 Å². The average Bonchev–Trinajstić information content (AvgIpc) is 2.40. The van der Waals surface area contributed by atoms with Crippen molar-refractivity contribution in [2.75, 3.05) is 6.61 Å². The van der Waals surface area contributed by atoms with Crippen LogP contribution in [0.5, 0.6) is 0 Å². The van der Waals surface area contributed by atoms with Gasteiger partial charge in [0, 0.05) is 18.6 Å². The molecule has 2 aromatic rings. The molecule has 0 aromatic carbocycles. The Balaban J connectivity index is 2.18. The van der Waals surface area contributed by atoms with E-state index in [1.165, 1.54) is 0 Å². The summed E-state index contributed by atoms with van der Waals surface area (Å²) in [4.78, 5) is 19.5. The highest BCUT2D eigenvalue weighted by molar-refractivity contribution is 5.73. The molecule has 4 heteroatoms. The van der Waals surface area contributed by atoms with E-state index in [0.29, 0.717) is 12.3 Å². The van der Waals surface area contributed by atoms with Gasteiger partial charge < -0.3 is 4.74 Å². The van der Waals surface area contributed by atoms with E-state index in [0.717, 1.165) is 11.1 Å². The number of carbonyl (C=O) groups is 1. The van der Waals surface area contributed by atoms with Crippen molar-refractivity contribution in [1.29, 1.82) is 0 Å². The van der Waals surface area contributed by atoms with Crippen LogP contribution in [0.4, 0.5) is 0 Å². The van der Waals surface area contributed by atoms with Gasteiger partial charge in [0.2, 0.25) is 0 Å². The van der Waals surface area contributed by atoms with E-state index in [-0.39, 0.29) is 12.4 Å². The van der Waals surface area contributed by atoms with Gasteiger partial charge in [-0.05, 0) is 42.3 Å². The summed E-state index contributed by atoms with van der Waals surface area (Å²) in [5.74, 6) is -0.253. The van der Waals surface area contributed by atoms with Gasteiger partial charge >= 0.3 is 5.97 Å². The molecule has 0 saturated carbocycles. The van der Waals surface area contributed by atoms with Crippen molar-refractivity contribution in [2.24, 2.45) is 0 Å². The molecule has 0 radical (unpaired) electrons. The maximum atomic E-state index is 11.4. The van der Waals surface area contributed by atoms with Crippen molar-refractivity contribution in [1.82, 2.24) is 9.97 Å². The highest BCUT2D eigenvalue weighted by Crippen LogP contribution is 2.18. The van der Waals surface area contributed by atoms with Gasteiger partial charge in [-0.15, -0.1) is 0 Å². The van der Waals surface area contributed by atoms with Gasteiger partial charge in [0.15, 0.2) is 0 Å². The molecule has 0 aliphatic rings. The monoisotopic (exact) mass is 242 g/mol. The Kier molecular flexibility index (Phi) is 4.02. The van der Waals surface area contributed by atoms with Gasteiger partial charge in [-0.1, -0.05) is 0 Å². The number of nitrogens with zero attached hydrogens (tertiary/aromatic N) is 2. The second kappa shape index (κ2) is 5.91. The van der Waals surface area contributed by atoms with Crippen LogP contribution in [0, 0.1) is 0 Å². The predicted molar refractivity (Wildman–Crippen MR) is 67.8 cm³/mol. The van der Waals surface area contributed by atoms with Crippen LogP contribution in [-0.4, -0.2) is 22.5 Å². The molecule has 2 rings (SSSR count). The minimum atomic E-state index is -0.253. The summed E-state index contributed by atoms with van der Waals surface area (Å²) in [5.41, 5.74) is 2.78. The summed E-state index contributed by atoms with van der Waals surface area (Å²) < 4.78 is 4.90. The Bertz CT molecular complexity index is 526. The van der Waals surface area contributed by atoms with E-state index in [4.69, 9.17) is 4.74 Å². The molecule has 0 fully saturated rings. The zero-order valence-corrected chi connectivity index (χ0v) is 10.2. The van der Waals surface area contributed by atoms with E-state index in [2.05, 4.69) is 9.97 Å². The number of hydrogen-bond acceptors (Lipinski definition) is 4.